The fraction of sp³-hybridized carbons (Fsp3) is 0. The maximum atomic E-state index is 11.6. The number of halogens is 2. The molecule has 0 spiro atoms. The molecule has 0 unspecified atom stereocenters. The third-order valence-electron chi connectivity index (χ3n) is 0.402. The highest BCUT2D eigenvalue weighted by Crippen LogP contribution is 2.14. The Labute approximate surface area is 48.9 Å². The van der Waals surface area contributed by atoms with E-state index in [9.17, 15) is 13.3 Å². The second-order valence-corrected chi connectivity index (χ2v) is 2.40. The van der Waals surface area contributed by atoms with Crippen LogP contribution in [0.4, 0.5) is 8.78 Å². The van der Waals surface area contributed by atoms with Crippen LogP contribution in [0, 0.1) is 0 Å². The minimum atomic E-state index is -2.35. The van der Waals surface area contributed by atoms with Crippen LogP contribution in [0.5, 0.6) is 0 Å². The molecule has 0 bridgehead atoms. The second-order valence-electron chi connectivity index (χ2n) is 0.979. The summed E-state index contributed by atoms with van der Waals surface area (Å²) in [7, 11) is 0. The topological polar surface area (TPSA) is 23.1 Å². The van der Waals surface area contributed by atoms with Gasteiger partial charge in [-0.1, -0.05) is 0 Å². The Hall–Kier alpha value is -0.350. The third-order valence-corrected chi connectivity index (χ3v) is 1.21. The molecule has 1 nitrogen and oxygen atoms in total. The highest BCUT2D eigenvalue weighted by molar-refractivity contribution is 7.98. The summed E-state index contributed by atoms with van der Waals surface area (Å²) < 4.78 is 33.1. The Morgan fingerprint density at radius 3 is 1.50 bits per heavy atom. The summed E-state index contributed by atoms with van der Waals surface area (Å²) in [5.41, 5.74) is 0. The standard InChI is InChI=1S/C4H4F2OS/c1-3(5)8(7)4(2)6/h1-2H2. The van der Waals surface area contributed by atoms with Crippen LogP contribution >= 0.6 is 0 Å². The molecule has 0 N–H and O–H groups in total. The van der Waals surface area contributed by atoms with Gasteiger partial charge in [-0.3, -0.25) is 0 Å². The van der Waals surface area contributed by atoms with E-state index in [4.69, 9.17) is 0 Å². The molecule has 0 heterocycles. The molecule has 46 valence electrons. The highest BCUT2D eigenvalue weighted by atomic mass is 32.2. The van der Waals surface area contributed by atoms with Crippen molar-refractivity contribution < 1.29 is 13.3 Å². The lowest BCUT2D eigenvalue weighted by Crippen LogP contribution is -1.97. The van der Waals surface area contributed by atoms with Crippen LogP contribution in [-0.4, -0.2) is 4.55 Å². The lowest BCUT2D eigenvalue weighted by molar-refractivity contribution is 0.563. The zero-order valence-electron chi connectivity index (χ0n) is 3.99. The minimum Gasteiger partial charge on any atom is -0.603 e. The quantitative estimate of drug-likeness (QED) is 0.531. The Kier molecular flexibility index (Phi) is 2.71. The van der Waals surface area contributed by atoms with Crippen LogP contribution in [-0.2, 0) is 11.2 Å². The Morgan fingerprint density at radius 2 is 1.50 bits per heavy atom. The van der Waals surface area contributed by atoms with Crippen LogP contribution in [0.25, 0.3) is 0 Å². The van der Waals surface area contributed by atoms with E-state index >= 15 is 0 Å². The number of hydrogen-bond donors (Lipinski definition) is 0. The van der Waals surface area contributed by atoms with Crippen molar-refractivity contribution in [3.63, 3.8) is 0 Å². The van der Waals surface area contributed by atoms with Crippen LogP contribution in [0.15, 0.2) is 23.5 Å². The second kappa shape index (κ2) is 2.84. The van der Waals surface area contributed by atoms with Gasteiger partial charge in [-0.05, 0) is 13.2 Å². The van der Waals surface area contributed by atoms with Crippen LogP contribution in [0.2, 0.25) is 0 Å². The summed E-state index contributed by atoms with van der Waals surface area (Å²) in [4.78, 5) is 0. The van der Waals surface area contributed by atoms with Crippen LogP contribution < -0.4 is 0 Å². The Balaban J connectivity index is 3.83. The van der Waals surface area contributed by atoms with Crippen molar-refractivity contribution in [3.8, 4) is 0 Å². The van der Waals surface area contributed by atoms with Crippen molar-refractivity contribution in [2.75, 3.05) is 0 Å². The van der Waals surface area contributed by atoms with Gasteiger partial charge in [0, 0.05) is 0 Å². The molecule has 0 atom stereocenters. The van der Waals surface area contributed by atoms with Gasteiger partial charge in [0.05, 0.1) is 11.2 Å². The van der Waals surface area contributed by atoms with E-state index in [1.165, 1.54) is 0 Å². The first-order valence-corrected chi connectivity index (χ1v) is 2.81. The van der Waals surface area contributed by atoms with Gasteiger partial charge in [-0.2, -0.15) is 8.78 Å². The highest BCUT2D eigenvalue weighted by Gasteiger charge is 2.15. The molecule has 0 rings (SSSR count). The summed E-state index contributed by atoms with van der Waals surface area (Å²) in [6, 6.07) is 0. The smallest absolute Gasteiger partial charge is 0.301 e. The van der Waals surface area contributed by atoms with E-state index < -0.39 is 21.5 Å². The summed E-state index contributed by atoms with van der Waals surface area (Å²) in [5, 5.41) is -2.42. The van der Waals surface area contributed by atoms with E-state index in [-0.39, 0.29) is 0 Å². The zero-order chi connectivity index (χ0) is 6.73. The van der Waals surface area contributed by atoms with Gasteiger partial charge in [0.2, 0.25) is 0 Å². The minimum absolute atomic E-state index is 1.21. The molecular formula is C4H4F2OS. The fourth-order valence-corrected chi connectivity index (χ4v) is 0.360. The first-order chi connectivity index (χ1) is 3.55. The summed E-state index contributed by atoms with van der Waals surface area (Å²) in [5.74, 6) is 0. The Morgan fingerprint density at radius 1 is 1.25 bits per heavy atom. The molecule has 8 heavy (non-hydrogen) atoms. The van der Waals surface area contributed by atoms with Gasteiger partial charge in [0.25, 0.3) is 0 Å². The van der Waals surface area contributed by atoms with Gasteiger partial charge >= 0.3 is 10.3 Å². The molecule has 0 aliphatic heterocycles. The predicted octanol–water partition coefficient (Wildman–Crippen LogP) is 1.62. The predicted molar refractivity (Wildman–Crippen MR) is 28.6 cm³/mol. The van der Waals surface area contributed by atoms with Gasteiger partial charge in [-0.25, -0.2) is 0 Å². The monoisotopic (exact) mass is 138 g/mol. The third kappa shape index (κ3) is 2.09. The van der Waals surface area contributed by atoms with Crippen molar-refractivity contribution in [1.29, 1.82) is 0 Å². The lowest BCUT2D eigenvalue weighted by atomic mass is 11.2. The van der Waals surface area contributed by atoms with Crippen molar-refractivity contribution in [1.82, 2.24) is 0 Å². The van der Waals surface area contributed by atoms with Crippen LogP contribution in [0.1, 0.15) is 0 Å². The van der Waals surface area contributed by atoms with Gasteiger partial charge in [-0.15, -0.1) is 0 Å². The molecule has 0 radical (unpaired) electrons. The molecule has 0 saturated carbocycles. The van der Waals surface area contributed by atoms with Crippen molar-refractivity contribution in [2.24, 2.45) is 0 Å². The number of hydrogen-bond acceptors (Lipinski definition) is 1. The first kappa shape index (κ1) is 7.65. The van der Waals surface area contributed by atoms with Crippen molar-refractivity contribution >= 4 is 11.2 Å². The molecule has 0 saturated heterocycles. The van der Waals surface area contributed by atoms with E-state index in [0.717, 1.165) is 0 Å². The van der Waals surface area contributed by atoms with Gasteiger partial charge in [0.15, 0.2) is 0 Å². The van der Waals surface area contributed by atoms with Crippen LogP contribution in [0.3, 0.4) is 0 Å². The van der Waals surface area contributed by atoms with Crippen molar-refractivity contribution in [2.45, 2.75) is 0 Å². The first-order valence-electron chi connectivity index (χ1n) is 1.66. The average Bonchev–Trinajstić information content (AvgIpc) is 1.64. The molecule has 0 fully saturated rings. The SMILES string of the molecule is C=C(F)[S+]([O-])C(=C)F. The summed E-state index contributed by atoms with van der Waals surface area (Å²) in [6.07, 6.45) is 0. The molecule has 0 aromatic heterocycles. The molecule has 0 aliphatic carbocycles. The van der Waals surface area contributed by atoms with E-state index in [1.54, 1.807) is 0 Å². The maximum absolute atomic E-state index is 11.6. The normalized spacial score (nSPS) is 9.50. The van der Waals surface area contributed by atoms with E-state index in [0.29, 0.717) is 0 Å². The lowest BCUT2D eigenvalue weighted by Gasteiger charge is -1.98. The molecule has 0 amide bonds. The average molecular weight is 138 g/mol. The van der Waals surface area contributed by atoms with Crippen molar-refractivity contribution in [3.05, 3.63) is 23.5 Å². The largest absolute Gasteiger partial charge is 0.603 e. The van der Waals surface area contributed by atoms with Gasteiger partial charge in [0.1, 0.15) is 0 Å². The Bertz CT molecular complexity index is 109. The molecule has 0 aliphatic rings. The zero-order valence-corrected chi connectivity index (χ0v) is 4.80. The molecular weight excluding hydrogens is 134 g/mol. The number of rotatable bonds is 2. The molecule has 0 aromatic carbocycles. The van der Waals surface area contributed by atoms with E-state index in [2.05, 4.69) is 13.2 Å². The summed E-state index contributed by atoms with van der Waals surface area (Å²) in [6.45, 7) is 5.22. The van der Waals surface area contributed by atoms with Gasteiger partial charge < -0.3 is 4.55 Å². The summed E-state index contributed by atoms with van der Waals surface area (Å²) >= 11 is -2.35. The molecule has 0 aromatic rings. The van der Waals surface area contributed by atoms with E-state index in [1.807, 2.05) is 0 Å². The molecule has 4 heteroatoms. The maximum Gasteiger partial charge on any atom is 0.301 e. The fourth-order valence-electron chi connectivity index (χ4n) is 0.120.